The van der Waals surface area contributed by atoms with Crippen LogP contribution in [0.15, 0.2) is 29.1 Å². The third-order valence-electron chi connectivity index (χ3n) is 3.07. The van der Waals surface area contributed by atoms with E-state index in [9.17, 15) is 4.79 Å². The molecule has 104 valence electrons. The van der Waals surface area contributed by atoms with Crippen LogP contribution in [0, 0.1) is 0 Å². The Morgan fingerprint density at radius 3 is 2.95 bits per heavy atom. The molecule has 4 nitrogen and oxygen atoms in total. The molecule has 0 amide bonds. The van der Waals surface area contributed by atoms with Crippen molar-refractivity contribution >= 4 is 22.8 Å². The topological polar surface area (TPSA) is 63.8 Å². The summed E-state index contributed by atoms with van der Waals surface area (Å²) in [6, 6.07) is 8.10. The molecule has 2 aromatic rings. The van der Waals surface area contributed by atoms with Gasteiger partial charge in [-0.3, -0.25) is 4.57 Å². The number of nitrogens with two attached hydrogens (primary N) is 1. The second-order valence-electron chi connectivity index (χ2n) is 4.83. The van der Waals surface area contributed by atoms with Gasteiger partial charge in [0.1, 0.15) is 0 Å². The van der Waals surface area contributed by atoms with Crippen LogP contribution in [0.5, 0.6) is 0 Å². The Kier molecular flexibility index (Phi) is 5.10. The van der Waals surface area contributed by atoms with E-state index in [1.54, 1.807) is 0 Å². The van der Waals surface area contributed by atoms with Gasteiger partial charge in [-0.1, -0.05) is 12.1 Å². The van der Waals surface area contributed by atoms with Crippen molar-refractivity contribution in [2.75, 3.05) is 11.5 Å². The van der Waals surface area contributed by atoms with Crippen LogP contribution in [0.2, 0.25) is 0 Å². The fourth-order valence-electron chi connectivity index (χ4n) is 2.02. The largest absolute Gasteiger partial charge is 0.328 e. The summed E-state index contributed by atoms with van der Waals surface area (Å²) in [5.74, 6) is 2.17. The lowest BCUT2D eigenvalue weighted by atomic mass is 10.3. The highest BCUT2D eigenvalue weighted by Crippen LogP contribution is 2.11. The summed E-state index contributed by atoms with van der Waals surface area (Å²) in [6.07, 6.45) is 2.06. The fourth-order valence-corrected chi connectivity index (χ4v) is 3.10. The van der Waals surface area contributed by atoms with E-state index in [1.165, 1.54) is 0 Å². The average molecular weight is 279 g/mol. The molecule has 0 spiro atoms. The van der Waals surface area contributed by atoms with Crippen LogP contribution >= 0.6 is 11.8 Å². The quantitative estimate of drug-likeness (QED) is 0.764. The molecule has 5 heteroatoms. The molecule has 0 fully saturated rings. The number of para-hydroxylation sites is 2. The van der Waals surface area contributed by atoms with Crippen molar-refractivity contribution in [3.8, 4) is 0 Å². The average Bonchev–Trinajstić information content (AvgIpc) is 2.69. The molecule has 1 aromatic heterocycles. The van der Waals surface area contributed by atoms with Gasteiger partial charge >= 0.3 is 5.69 Å². The molecule has 0 saturated heterocycles. The minimum atomic E-state index is -0.0122. The number of hydrogen-bond donors (Lipinski definition) is 2. The van der Waals surface area contributed by atoms with Gasteiger partial charge in [-0.15, -0.1) is 0 Å². The van der Waals surface area contributed by atoms with Gasteiger partial charge in [-0.2, -0.15) is 11.8 Å². The van der Waals surface area contributed by atoms with Gasteiger partial charge in [-0.05, 0) is 43.4 Å². The zero-order valence-electron chi connectivity index (χ0n) is 11.3. The lowest BCUT2D eigenvalue weighted by molar-refractivity contribution is 0.678. The Bertz CT molecular complexity index is 573. The number of H-pyrrole nitrogens is 1. The standard InChI is InChI=1S/C14H21N3OS/c1-11(15)7-10-19-9-4-8-17-13-6-3-2-5-12(13)16-14(17)18/h2-3,5-6,11H,4,7-10,15H2,1H3,(H,16,18). The van der Waals surface area contributed by atoms with Crippen molar-refractivity contribution in [1.29, 1.82) is 0 Å². The van der Waals surface area contributed by atoms with Crippen LogP contribution in [0.4, 0.5) is 0 Å². The number of nitrogens with zero attached hydrogens (tertiary/aromatic N) is 1. The first-order valence-corrected chi connectivity index (χ1v) is 7.85. The van der Waals surface area contributed by atoms with Gasteiger partial charge in [0.25, 0.3) is 0 Å². The monoisotopic (exact) mass is 279 g/mol. The van der Waals surface area contributed by atoms with E-state index >= 15 is 0 Å². The van der Waals surface area contributed by atoms with Gasteiger partial charge in [-0.25, -0.2) is 4.79 Å². The molecule has 19 heavy (non-hydrogen) atoms. The summed E-state index contributed by atoms with van der Waals surface area (Å²) in [6.45, 7) is 2.81. The fraction of sp³-hybridized carbons (Fsp3) is 0.500. The summed E-state index contributed by atoms with van der Waals surface area (Å²) in [4.78, 5) is 14.7. The van der Waals surface area contributed by atoms with Gasteiger partial charge in [0.2, 0.25) is 0 Å². The summed E-state index contributed by atoms with van der Waals surface area (Å²) in [5, 5.41) is 0. The molecule has 0 aliphatic heterocycles. The molecular weight excluding hydrogens is 258 g/mol. The second-order valence-corrected chi connectivity index (χ2v) is 6.06. The molecule has 0 radical (unpaired) electrons. The van der Waals surface area contributed by atoms with Crippen molar-refractivity contribution in [3.05, 3.63) is 34.7 Å². The van der Waals surface area contributed by atoms with Gasteiger partial charge in [0.15, 0.2) is 0 Å². The Morgan fingerprint density at radius 2 is 2.16 bits per heavy atom. The lowest BCUT2D eigenvalue weighted by Crippen LogP contribution is -2.17. The van der Waals surface area contributed by atoms with Crippen molar-refractivity contribution in [2.24, 2.45) is 5.73 Å². The van der Waals surface area contributed by atoms with Crippen molar-refractivity contribution in [1.82, 2.24) is 9.55 Å². The minimum absolute atomic E-state index is 0.0122. The molecule has 0 aliphatic rings. The maximum absolute atomic E-state index is 11.8. The third kappa shape index (κ3) is 3.88. The number of benzene rings is 1. The van der Waals surface area contributed by atoms with E-state index in [-0.39, 0.29) is 11.7 Å². The van der Waals surface area contributed by atoms with Crippen LogP contribution < -0.4 is 11.4 Å². The summed E-state index contributed by atoms with van der Waals surface area (Å²) in [5.41, 5.74) is 7.60. The highest BCUT2D eigenvalue weighted by Gasteiger charge is 2.05. The second kappa shape index (κ2) is 6.82. The number of hydrogen-bond acceptors (Lipinski definition) is 3. The molecule has 3 N–H and O–H groups in total. The first-order valence-electron chi connectivity index (χ1n) is 6.69. The summed E-state index contributed by atoms with van der Waals surface area (Å²) >= 11 is 1.91. The maximum Gasteiger partial charge on any atom is 0.326 e. The predicted molar refractivity (Wildman–Crippen MR) is 82.8 cm³/mol. The number of aromatic nitrogens is 2. The smallest absolute Gasteiger partial charge is 0.326 e. The summed E-state index contributed by atoms with van der Waals surface area (Å²) in [7, 11) is 0. The number of imidazole rings is 1. The van der Waals surface area contributed by atoms with E-state index in [0.717, 1.165) is 41.9 Å². The number of nitrogens with one attached hydrogen (secondary N) is 1. The molecule has 1 unspecified atom stereocenters. The van der Waals surface area contributed by atoms with Crippen molar-refractivity contribution < 1.29 is 0 Å². The number of rotatable bonds is 7. The van der Waals surface area contributed by atoms with Crippen LogP contribution in [-0.4, -0.2) is 27.1 Å². The first-order chi connectivity index (χ1) is 9.18. The Labute approximate surface area is 117 Å². The molecule has 0 bridgehead atoms. The summed E-state index contributed by atoms with van der Waals surface area (Å²) < 4.78 is 1.82. The van der Waals surface area contributed by atoms with Crippen LogP contribution in [0.25, 0.3) is 11.0 Å². The number of aromatic amines is 1. The van der Waals surface area contributed by atoms with Crippen molar-refractivity contribution in [3.63, 3.8) is 0 Å². The molecule has 1 atom stereocenters. The normalized spacial score (nSPS) is 12.9. The van der Waals surface area contributed by atoms with E-state index in [2.05, 4.69) is 4.98 Å². The Morgan fingerprint density at radius 1 is 1.37 bits per heavy atom. The van der Waals surface area contributed by atoms with E-state index in [0.29, 0.717) is 0 Å². The van der Waals surface area contributed by atoms with Crippen LogP contribution in [-0.2, 0) is 6.54 Å². The number of thioether (sulfide) groups is 1. The highest BCUT2D eigenvalue weighted by atomic mass is 32.2. The third-order valence-corrected chi connectivity index (χ3v) is 4.17. The minimum Gasteiger partial charge on any atom is -0.328 e. The number of aryl methyl sites for hydroxylation is 1. The van der Waals surface area contributed by atoms with Crippen molar-refractivity contribution in [2.45, 2.75) is 32.4 Å². The molecule has 1 heterocycles. The van der Waals surface area contributed by atoms with Gasteiger partial charge in [0.05, 0.1) is 11.0 Å². The Balaban J connectivity index is 1.85. The molecule has 0 aliphatic carbocycles. The zero-order valence-corrected chi connectivity index (χ0v) is 12.1. The van der Waals surface area contributed by atoms with Gasteiger partial charge < -0.3 is 10.7 Å². The predicted octanol–water partition coefficient (Wildman–Crippen LogP) is 2.19. The first kappa shape index (κ1) is 14.2. The molecule has 1 aromatic carbocycles. The molecule has 0 saturated carbocycles. The molecule has 2 rings (SSSR count). The lowest BCUT2D eigenvalue weighted by Gasteiger charge is -2.05. The SMILES string of the molecule is CC(N)CCSCCCn1c(=O)[nH]c2ccccc21. The van der Waals surface area contributed by atoms with E-state index < -0.39 is 0 Å². The molecular formula is C14H21N3OS. The highest BCUT2D eigenvalue weighted by molar-refractivity contribution is 7.99. The zero-order chi connectivity index (χ0) is 13.7. The number of fused-ring (bicyclic) bond motifs is 1. The Hall–Kier alpha value is -1.20. The van der Waals surface area contributed by atoms with Gasteiger partial charge in [0, 0.05) is 12.6 Å². The van der Waals surface area contributed by atoms with E-state index in [1.807, 2.05) is 47.5 Å². The van der Waals surface area contributed by atoms with Crippen LogP contribution in [0.1, 0.15) is 19.8 Å². The maximum atomic E-state index is 11.8. The van der Waals surface area contributed by atoms with Crippen LogP contribution in [0.3, 0.4) is 0 Å². The van der Waals surface area contributed by atoms with E-state index in [4.69, 9.17) is 5.73 Å².